The highest BCUT2D eigenvalue weighted by molar-refractivity contribution is 5.35. The second kappa shape index (κ2) is 4.49. The van der Waals surface area contributed by atoms with E-state index in [1.807, 2.05) is 25.1 Å². The molecule has 0 spiro atoms. The van der Waals surface area contributed by atoms with Gasteiger partial charge in [0.25, 0.3) is 0 Å². The third kappa shape index (κ3) is 2.14. The summed E-state index contributed by atoms with van der Waals surface area (Å²) in [6.45, 7) is 2.59. The Hall–Kier alpha value is -1.62. The van der Waals surface area contributed by atoms with Gasteiger partial charge in [0.15, 0.2) is 5.65 Å². The molecule has 86 valence electrons. The van der Waals surface area contributed by atoms with Crippen molar-refractivity contribution < 1.29 is 0 Å². The second-order valence-corrected chi connectivity index (χ2v) is 4.05. The Labute approximate surface area is 93.5 Å². The number of pyridine rings is 1. The van der Waals surface area contributed by atoms with Gasteiger partial charge in [-0.2, -0.15) is 0 Å². The van der Waals surface area contributed by atoms with E-state index in [0.29, 0.717) is 12.2 Å². The first-order chi connectivity index (χ1) is 7.68. The molecule has 1 unspecified atom stereocenters. The quantitative estimate of drug-likeness (QED) is 0.821. The highest BCUT2D eigenvalue weighted by Crippen LogP contribution is 1.98. The lowest BCUT2D eigenvalue weighted by atomic mass is 10.2. The first-order valence-electron chi connectivity index (χ1n) is 5.48. The predicted octanol–water partition coefficient (Wildman–Crippen LogP) is 0.623. The summed E-state index contributed by atoms with van der Waals surface area (Å²) in [7, 11) is 0. The molecule has 2 heterocycles. The van der Waals surface area contributed by atoms with Gasteiger partial charge in [0.05, 0.1) is 0 Å². The van der Waals surface area contributed by atoms with E-state index in [-0.39, 0.29) is 11.7 Å². The standard InChI is InChI=1S/C11H16N4O/c1-9(12)5-4-8-15-11(16)14-7-3-2-6-10(14)13-15/h2-3,6-7,9H,4-5,8,12H2,1H3. The average Bonchev–Trinajstić information content (AvgIpc) is 2.56. The van der Waals surface area contributed by atoms with Gasteiger partial charge < -0.3 is 5.73 Å². The van der Waals surface area contributed by atoms with E-state index < -0.39 is 0 Å². The van der Waals surface area contributed by atoms with E-state index in [1.165, 1.54) is 4.68 Å². The summed E-state index contributed by atoms with van der Waals surface area (Å²) in [5, 5.41) is 4.24. The summed E-state index contributed by atoms with van der Waals surface area (Å²) in [5.74, 6) is 0. The Kier molecular flexibility index (Phi) is 3.05. The number of hydrogen-bond donors (Lipinski definition) is 1. The molecule has 2 rings (SSSR count). The Balaban J connectivity index is 2.19. The third-order valence-electron chi connectivity index (χ3n) is 2.52. The molecule has 0 saturated heterocycles. The van der Waals surface area contributed by atoms with Gasteiger partial charge in [0.1, 0.15) is 0 Å². The fraction of sp³-hybridized carbons (Fsp3) is 0.455. The van der Waals surface area contributed by atoms with Crippen LogP contribution in [-0.2, 0) is 6.54 Å². The van der Waals surface area contributed by atoms with Gasteiger partial charge in [-0.1, -0.05) is 6.07 Å². The van der Waals surface area contributed by atoms with Crippen molar-refractivity contribution in [1.29, 1.82) is 0 Å². The van der Waals surface area contributed by atoms with Crippen LogP contribution < -0.4 is 11.4 Å². The number of rotatable bonds is 4. The summed E-state index contributed by atoms with van der Waals surface area (Å²) in [5.41, 5.74) is 6.26. The molecule has 0 radical (unpaired) electrons. The second-order valence-electron chi connectivity index (χ2n) is 4.05. The van der Waals surface area contributed by atoms with Crippen molar-refractivity contribution >= 4 is 5.65 Å². The highest BCUT2D eigenvalue weighted by atomic mass is 16.2. The molecule has 1 atom stereocenters. The molecule has 0 bridgehead atoms. The zero-order valence-corrected chi connectivity index (χ0v) is 9.34. The molecule has 0 aliphatic heterocycles. The maximum Gasteiger partial charge on any atom is 0.350 e. The minimum Gasteiger partial charge on any atom is -0.328 e. The first kappa shape index (κ1) is 10.9. The average molecular weight is 220 g/mol. The van der Waals surface area contributed by atoms with E-state index in [1.54, 1.807) is 10.6 Å². The normalized spacial score (nSPS) is 13.1. The Morgan fingerprint density at radius 3 is 3.00 bits per heavy atom. The number of fused-ring (bicyclic) bond motifs is 1. The zero-order chi connectivity index (χ0) is 11.5. The number of aryl methyl sites for hydroxylation is 1. The van der Waals surface area contributed by atoms with Crippen LogP contribution >= 0.6 is 0 Å². The van der Waals surface area contributed by atoms with E-state index in [9.17, 15) is 4.79 Å². The van der Waals surface area contributed by atoms with Crippen molar-refractivity contribution in [2.24, 2.45) is 5.73 Å². The third-order valence-corrected chi connectivity index (χ3v) is 2.52. The van der Waals surface area contributed by atoms with Crippen LogP contribution in [-0.4, -0.2) is 20.2 Å². The van der Waals surface area contributed by atoms with Crippen molar-refractivity contribution in [2.45, 2.75) is 32.4 Å². The summed E-state index contributed by atoms with van der Waals surface area (Å²) in [6, 6.07) is 5.69. The lowest BCUT2D eigenvalue weighted by molar-refractivity contribution is 0.513. The lowest BCUT2D eigenvalue weighted by Gasteiger charge is -2.03. The van der Waals surface area contributed by atoms with Crippen molar-refractivity contribution in [3.8, 4) is 0 Å². The fourth-order valence-corrected chi connectivity index (χ4v) is 1.68. The molecule has 2 N–H and O–H groups in total. The molecular weight excluding hydrogens is 204 g/mol. The Morgan fingerprint density at radius 1 is 1.50 bits per heavy atom. The van der Waals surface area contributed by atoms with Crippen LogP contribution in [0.2, 0.25) is 0 Å². The van der Waals surface area contributed by atoms with Crippen molar-refractivity contribution in [3.05, 3.63) is 34.9 Å². The van der Waals surface area contributed by atoms with Crippen molar-refractivity contribution in [3.63, 3.8) is 0 Å². The molecule has 0 aliphatic carbocycles. The van der Waals surface area contributed by atoms with E-state index >= 15 is 0 Å². The molecule has 16 heavy (non-hydrogen) atoms. The number of nitrogens with zero attached hydrogens (tertiary/aromatic N) is 3. The smallest absolute Gasteiger partial charge is 0.328 e. The molecule has 0 saturated carbocycles. The van der Waals surface area contributed by atoms with Crippen LogP contribution in [0, 0.1) is 0 Å². The topological polar surface area (TPSA) is 65.3 Å². The summed E-state index contributed by atoms with van der Waals surface area (Å²) in [6.07, 6.45) is 3.51. The summed E-state index contributed by atoms with van der Waals surface area (Å²) < 4.78 is 3.05. The SMILES string of the molecule is CC(N)CCCn1nc2ccccn2c1=O. The lowest BCUT2D eigenvalue weighted by Crippen LogP contribution is -2.22. The molecule has 0 amide bonds. The Morgan fingerprint density at radius 2 is 2.31 bits per heavy atom. The molecule has 0 aromatic carbocycles. The minimum absolute atomic E-state index is 0.0831. The van der Waals surface area contributed by atoms with E-state index in [2.05, 4.69) is 5.10 Å². The van der Waals surface area contributed by atoms with E-state index in [0.717, 1.165) is 12.8 Å². The number of hydrogen-bond acceptors (Lipinski definition) is 3. The van der Waals surface area contributed by atoms with Gasteiger partial charge in [0.2, 0.25) is 0 Å². The van der Waals surface area contributed by atoms with Crippen LogP contribution in [0.1, 0.15) is 19.8 Å². The van der Waals surface area contributed by atoms with Crippen LogP contribution in [0.3, 0.4) is 0 Å². The van der Waals surface area contributed by atoms with Crippen LogP contribution in [0.5, 0.6) is 0 Å². The monoisotopic (exact) mass is 220 g/mol. The minimum atomic E-state index is -0.0831. The van der Waals surface area contributed by atoms with Gasteiger partial charge >= 0.3 is 5.69 Å². The van der Waals surface area contributed by atoms with E-state index in [4.69, 9.17) is 5.73 Å². The molecule has 0 fully saturated rings. The number of aromatic nitrogens is 3. The van der Waals surface area contributed by atoms with Gasteiger partial charge in [-0.3, -0.25) is 4.40 Å². The maximum absolute atomic E-state index is 11.8. The maximum atomic E-state index is 11.8. The van der Waals surface area contributed by atoms with Crippen molar-refractivity contribution in [1.82, 2.24) is 14.2 Å². The van der Waals surface area contributed by atoms with Crippen molar-refractivity contribution in [2.75, 3.05) is 0 Å². The van der Waals surface area contributed by atoms with Gasteiger partial charge in [-0.25, -0.2) is 9.48 Å². The molecular formula is C11H16N4O. The fourth-order valence-electron chi connectivity index (χ4n) is 1.68. The molecule has 0 aliphatic rings. The largest absolute Gasteiger partial charge is 0.350 e. The summed E-state index contributed by atoms with van der Waals surface area (Å²) in [4.78, 5) is 11.8. The van der Waals surface area contributed by atoms with Crippen LogP contribution in [0.15, 0.2) is 29.2 Å². The first-order valence-corrected chi connectivity index (χ1v) is 5.48. The van der Waals surface area contributed by atoms with Gasteiger partial charge in [-0.15, -0.1) is 5.10 Å². The summed E-state index contributed by atoms with van der Waals surface area (Å²) >= 11 is 0. The van der Waals surface area contributed by atoms with Gasteiger partial charge in [0, 0.05) is 18.8 Å². The van der Waals surface area contributed by atoms with Gasteiger partial charge in [-0.05, 0) is 31.9 Å². The molecule has 5 nitrogen and oxygen atoms in total. The Bertz CT molecular complexity index is 526. The van der Waals surface area contributed by atoms with Crippen LogP contribution in [0.4, 0.5) is 0 Å². The molecule has 2 aromatic rings. The molecule has 2 aromatic heterocycles. The molecule has 5 heteroatoms. The highest BCUT2D eigenvalue weighted by Gasteiger charge is 2.05. The number of nitrogens with two attached hydrogens (primary N) is 1. The van der Waals surface area contributed by atoms with Crippen LogP contribution in [0.25, 0.3) is 5.65 Å². The zero-order valence-electron chi connectivity index (χ0n) is 9.34. The predicted molar refractivity (Wildman–Crippen MR) is 62.3 cm³/mol.